The van der Waals surface area contributed by atoms with Crippen molar-refractivity contribution in [2.75, 3.05) is 26.8 Å². The van der Waals surface area contributed by atoms with Crippen molar-refractivity contribution in [3.05, 3.63) is 0 Å². The predicted molar refractivity (Wildman–Crippen MR) is 59.6 cm³/mol. The van der Waals surface area contributed by atoms with Gasteiger partial charge >= 0.3 is 0 Å². The largest absolute Gasteiger partial charge is 0.383 e. The molecule has 6 heteroatoms. The maximum absolute atomic E-state index is 11.6. The van der Waals surface area contributed by atoms with E-state index in [-0.39, 0.29) is 24.2 Å². The highest BCUT2D eigenvalue weighted by Gasteiger charge is 2.31. The summed E-state index contributed by atoms with van der Waals surface area (Å²) in [4.78, 5) is 13.7. The van der Waals surface area contributed by atoms with Crippen LogP contribution in [0.2, 0.25) is 0 Å². The molecular formula is C10H21N3O3. The van der Waals surface area contributed by atoms with Gasteiger partial charge in [0.2, 0.25) is 0 Å². The van der Waals surface area contributed by atoms with Crippen molar-refractivity contribution in [2.24, 2.45) is 5.84 Å². The van der Waals surface area contributed by atoms with Gasteiger partial charge in [-0.2, -0.15) is 0 Å². The number of ether oxygens (including phenoxy) is 2. The summed E-state index contributed by atoms with van der Waals surface area (Å²) in [5.41, 5.74) is 2.18. The van der Waals surface area contributed by atoms with Gasteiger partial charge in [-0.1, -0.05) is 0 Å². The molecule has 0 spiro atoms. The Balaban J connectivity index is 2.65. The Morgan fingerprint density at radius 1 is 1.56 bits per heavy atom. The highest BCUT2D eigenvalue weighted by molar-refractivity contribution is 5.81. The van der Waals surface area contributed by atoms with E-state index >= 15 is 0 Å². The molecular weight excluding hydrogens is 210 g/mol. The number of rotatable bonds is 4. The van der Waals surface area contributed by atoms with E-state index in [0.717, 1.165) is 0 Å². The fourth-order valence-electron chi connectivity index (χ4n) is 2.07. The summed E-state index contributed by atoms with van der Waals surface area (Å²) < 4.78 is 10.7. The summed E-state index contributed by atoms with van der Waals surface area (Å²) in [7, 11) is 1.57. The van der Waals surface area contributed by atoms with Gasteiger partial charge in [0.15, 0.2) is 0 Å². The third-order valence-corrected chi connectivity index (χ3v) is 2.66. The van der Waals surface area contributed by atoms with Gasteiger partial charge < -0.3 is 9.47 Å². The average Bonchev–Trinajstić information content (AvgIpc) is 2.23. The monoisotopic (exact) mass is 231 g/mol. The lowest BCUT2D eigenvalue weighted by Crippen LogP contribution is -2.57. The third-order valence-electron chi connectivity index (χ3n) is 2.66. The molecule has 0 bridgehead atoms. The van der Waals surface area contributed by atoms with Gasteiger partial charge in [0.25, 0.3) is 5.91 Å². The van der Waals surface area contributed by atoms with Crippen molar-refractivity contribution in [1.82, 2.24) is 10.3 Å². The molecule has 0 aromatic rings. The lowest BCUT2D eigenvalue weighted by molar-refractivity contribution is -0.136. The molecule has 16 heavy (non-hydrogen) atoms. The Bertz CT molecular complexity index is 227. The van der Waals surface area contributed by atoms with Gasteiger partial charge in [0, 0.05) is 20.2 Å². The van der Waals surface area contributed by atoms with Crippen molar-refractivity contribution in [1.29, 1.82) is 0 Å². The summed E-state index contributed by atoms with van der Waals surface area (Å²) in [6.07, 6.45) is 0.238. The van der Waals surface area contributed by atoms with Crippen LogP contribution in [0.4, 0.5) is 0 Å². The Morgan fingerprint density at radius 2 is 2.12 bits per heavy atom. The number of nitrogens with zero attached hydrogens (tertiary/aromatic N) is 1. The number of amides is 1. The lowest BCUT2D eigenvalue weighted by Gasteiger charge is -2.38. The van der Waals surface area contributed by atoms with Crippen molar-refractivity contribution in [3.8, 4) is 0 Å². The molecule has 6 nitrogen and oxygen atoms in total. The SMILES string of the molecule is COCC(C(=O)NN)N1C[C@@H](C)O[C@@H](C)C1. The second kappa shape index (κ2) is 6.15. The number of hydrogen-bond donors (Lipinski definition) is 2. The Labute approximate surface area is 96.0 Å². The molecule has 0 radical (unpaired) electrons. The topological polar surface area (TPSA) is 76.8 Å². The van der Waals surface area contributed by atoms with Crippen molar-refractivity contribution in [2.45, 2.75) is 32.1 Å². The van der Waals surface area contributed by atoms with Gasteiger partial charge in [-0.3, -0.25) is 15.1 Å². The first-order valence-corrected chi connectivity index (χ1v) is 5.47. The van der Waals surface area contributed by atoms with E-state index in [9.17, 15) is 4.79 Å². The van der Waals surface area contributed by atoms with E-state index in [2.05, 4.69) is 5.43 Å². The fourth-order valence-corrected chi connectivity index (χ4v) is 2.07. The van der Waals surface area contributed by atoms with Crippen molar-refractivity contribution in [3.63, 3.8) is 0 Å². The molecule has 3 atom stereocenters. The number of carbonyl (C=O) groups excluding carboxylic acids is 1. The molecule has 1 heterocycles. The van der Waals surface area contributed by atoms with E-state index < -0.39 is 0 Å². The first-order valence-electron chi connectivity index (χ1n) is 5.47. The number of hydrogen-bond acceptors (Lipinski definition) is 5. The number of morpholine rings is 1. The van der Waals surface area contributed by atoms with E-state index in [4.69, 9.17) is 15.3 Å². The molecule has 0 aliphatic carbocycles. The molecule has 1 aliphatic heterocycles. The van der Waals surface area contributed by atoms with Crippen LogP contribution in [-0.2, 0) is 14.3 Å². The van der Waals surface area contributed by atoms with Crippen LogP contribution in [0.1, 0.15) is 13.8 Å². The maximum atomic E-state index is 11.6. The van der Waals surface area contributed by atoms with Gasteiger partial charge in [0.05, 0.1) is 18.8 Å². The van der Waals surface area contributed by atoms with Gasteiger partial charge in [-0.15, -0.1) is 0 Å². The number of nitrogens with one attached hydrogen (secondary N) is 1. The van der Waals surface area contributed by atoms with Crippen molar-refractivity contribution < 1.29 is 14.3 Å². The van der Waals surface area contributed by atoms with Crippen LogP contribution < -0.4 is 11.3 Å². The quantitative estimate of drug-likeness (QED) is 0.372. The normalized spacial score (nSPS) is 28.8. The van der Waals surface area contributed by atoms with Crippen molar-refractivity contribution >= 4 is 5.91 Å². The summed E-state index contributed by atoms with van der Waals surface area (Å²) in [5.74, 6) is 4.95. The van der Waals surface area contributed by atoms with Crippen LogP contribution in [0, 0.1) is 0 Å². The van der Waals surface area contributed by atoms with Crippen LogP contribution in [0.15, 0.2) is 0 Å². The van der Waals surface area contributed by atoms with Crippen LogP contribution in [0.25, 0.3) is 0 Å². The highest BCUT2D eigenvalue weighted by atomic mass is 16.5. The zero-order valence-electron chi connectivity index (χ0n) is 10.1. The third kappa shape index (κ3) is 3.41. The number of methoxy groups -OCH3 is 1. The summed E-state index contributed by atoms with van der Waals surface area (Å²) in [6.45, 7) is 5.75. The molecule has 1 aliphatic rings. The van der Waals surface area contributed by atoms with E-state index in [1.807, 2.05) is 18.7 Å². The molecule has 1 unspecified atom stereocenters. The Hall–Kier alpha value is -0.690. The standard InChI is InChI=1S/C10H21N3O3/c1-7-4-13(5-8(2)16-7)9(6-15-3)10(14)12-11/h7-9H,4-6,11H2,1-3H3,(H,12,14)/t7-,8+,9?. The molecule has 3 N–H and O–H groups in total. The maximum Gasteiger partial charge on any atom is 0.253 e. The smallest absolute Gasteiger partial charge is 0.253 e. The molecule has 0 aromatic heterocycles. The number of nitrogens with two attached hydrogens (primary N) is 1. The molecule has 1 rings (SSSR count). The first kappa shape index (κ1) is 13.4. The van der Waals surface area contributed by atoms with Crippen LogP contribution in [0.3, 0.4) is 0 Å². The minimum atomic E-state index is -0.344. The van der Waals surface area contributed by atoms with E-state index in [1.54, 1.807) is 7.11 Å². The van der Waals surface area contributed by atoms with Gasteiger partial charge in [-0.05, 0) is 13.8 Å². The zero-order chi connectivity index (χ0) is 12.1. The van der Waals surface area contributed by atoms with Gasteiger partial charge in [0.1, 0.15) is 6.04 Å². The van der Waals surface area contributed by atoms with Crippen LogP contribution in [0.5, 0.6) is 0 Å². The minimum Gasteiger partial charge on any atom is -0.383 e. The fraction of sp³-hybridized carbons (Fsp3) is 0.900. The van der Waals surface area contributed by atoms with E-state index in [0.29, 0.717) is 19.7 Å². The zero-order valence-corrected chi connectivity index (χ0v) is 10.1. The Morgan fingerprint density at radius 3 is 2.56 bits per heavy atom. The summed E-state index contributed by atoms with van der Waals surface area (Å²) >= 11 is 0. The summed E-state index contributed by atoms with van der Waals surface area (Å²) in [5, 5.41) is 0. The number of hydrazine groups is 1. The van der Waals surface area contributed by atoms with Crippen LogP contribution in [-0.4, -0.2) is 55.9 Å². The van der Waals surface area contributed by atoms with Gasteiger partial charge in [-0.25, -0.2) is 5.84 Å². The highest BCUT2D eigenvalue weighted by Crippen LogP contribution is 2.14. The lowest BCUT2D eigenvalue weighted by atomic mass is 10.1. The second-order valence-corrected chi connectivity index (χ2v) is 4.19. The molecule has 1 fully saturated rings. The molecule has 1 amide bonds. The van der Waals surface area contributed by atoms with E-state index in [1.165, 1.54) is 0 Å². The second-order valence-electron chi connectivity index (χ2n) is 4.19. The van der Waals surface area contributed by atoms with Crippen LogP contribution >= 0.6 is 0 Å². The molecule has 1 saturated heterocycles. The molecule has 0 aromatic carbocycles. The summed E-state index contributed by atoms with van der Waals surface area (Å²) in [6, 6.07) is -0.344. The minimum absolute atomic E-state index is 0.119. The first-order chi connectivity index (χ1) is 7.58. The Kier molecular flexibility index (Phi) is 5.14. The average molecular weight is 231 g/mol. The molecule has 0 saturated carbocycles. The molecule has 94 valence electrons. The number of carbonyl (C=O) groups is 1. The predicted octanol–water partition coefficient (Wildman–Crippen LogP) is -0.899.